The van der Waals surface area contributed by atoms with Gasteiger partial charge in [-0.05, 0) is 33.1 Å². The lowest BCUT2D eigenvalue weighted by atomic mass is 10.2. The Morgan fingerprint density at radius 1 is 1.58 bits per heavy atom. The molecule has 3 N–H and O–H groups in total. The molecule has 1 rings (SSSR count). The van der Waals surface area contributed by atoms with Crippen LogP contribution in [0.4, 0.5) is 11.5 Å². The zero-order valence-corrected chi connectivity index (χ0v) is 12.6. The Morgan fingerprint density at radius 3 is 2.84 bits per heavy atom. The molecular formula is C13H21N3O2S. The van der Waals surface area contributed by atoms with Crippen molar-refractivity contribution in [2.75, 3.05) is 30.5 Å². The fourth-order valence-electron chi connectivity index (χ4n) is 1.35. The van der Waals surface area contributed by atoms with Gasteiger partial charge in [-0.25, -0.2) is 9.78 Å². The zero-order valence-electron chi connectivity index (χ0n) is 11.8. The number of esters is 1. The summed E-state index contributed by atoms with van der Waals surface area (Å²) in [4.78, 5) is 16.0. The van der Waals surface area contributed by atoms with E-state index in [1.54, 1.807) is 24.8 Å². The normalized spacial score (nSPS) is 11.2. The first-order chi connectivity index (χ1) is 8.89. The van der Waals surface area contributed by atoms with Gasteiger partial charge in [0, 0.05) is 11.3 Å². The van der Waals surface area contributed by atoms with Crippen LogP contribution in [0.2, 0.25) is 0 Å². The number of hydrogen-bond acceptors (Lipinski definition) is 6. The molecule has 1 aromatic rings. The summed E-state index contributed by atoms with van der Waals surface area (Å²) < 4.78 is 5.05. The molecule has 0 atom stereocenters. The van der Waals surface area contributed by atoms with E-state index in [4.69, 9.17) is 10.5 Å². The molecule has 6 heteroatoms. The maximum atomic E-state index is 11.8. The molecule has 0 aliphatic heterocycles. The molecule has 0 aromatic carbocycles. The van der Waals surface area contributed by atoms with Gasteiger partial charge in [-0.2, -0.15) is 11.8 Å². The van der Waals surface area contributed by atoms with Crippen molar-refractivity contribution in [1.82, 2.24) is 4.98 Å². The van der Waals surface area contributed by atoms with Gasteiger partial charge in [0.05, 0.1) is 18.5 Å². The lowest BCUT2D eigenvalue weighted by molar-refractivity contribution is 0.0527. The number of thioether (sulfide) groups is 1. The first-order valence-corrected chi connectivity index (χ1v) is 7.33. The van der Waals surface area contributed by atoms with Crippen LogP contribution in [-0.4, -0.2) is 35.1 Å². The van der Waals surface area contributed by atoms with Crippen LogP contribution >= 0.6 is 11.8 Å². The average Bonchev–Trinajstić information content (AvgIpc) is 2.37. The summed E-state index contributed by atoms with van der Waals surface area (Å²) in [5.74, 6) is 0.0986. The van der Waals surface area contributed by atoms with E-state index in [9.17, 15) is 4.79 Å². The number of carbonyl (C=O) groups excluding carboxylic acids is 1. The van der Waals surface area contributed by atoms with E-state index in [0.717, 1.165) is 0 Å². The number of anilines is 2. The number of nitrogen functional groups attached to an aromatic ring is 1. The summed E-state index contributed by atoms with van der Waals surface area (Å²) >= 11 is 1.74. The van der Waals surface area contributed by atoms with Gasteiger partial charge < -0.3 is 15.8 Å². The van der Waals surface area contributed by atoms with Crippen molar-refractivity contribution in [3.63, 3.8) is 0 Å². The van der Waals surface area contributed by atoms with Crippen LogP contribution in [0.25, 0.3) is 0 Å². The topological polar surface area (TPSA) is 77.2 Å². The fraction of sp³-hybridized carbons (Fsp3) is 0.538. The molecule has 0 amide bonds. The molecule has 1 aromatic heterocycles. The highest BCUT2D eigenvalue weighted by Crippen LogP contribution is 2.23. The number of pyridine rings is 1. The van der Waals surface area contributed by atoms with Gasteiger partial charge in [0.2, 0.25) is 0 Å². The van der Waals surface area contributed by atoms with Crippen LogP contribution in [0.15, 0.2) is 12.3 Å². The smallest absolute Gasteiger partial charge is 0.341 e. The lowest BCUT2D eigenvalue weighted by Gasteiger charge is -2.23. The van der Waals surface area contributed by atoms with Crippen LogP contribution in [-0.2, 0) is 4.74 Å². The lowest BCUT2D eigenvalue weighted by Crippen LogP contribution is -2.27. The molecule has 0 spiro atoms. The molecule has 0 saturated heterocycles. The molecule has 19 heavy (non-hydrogen) atoms. The van der Waals surface area contributed by atoms with Gasteiger partial charge >= 0.3 is 5.97 Å². The average molecular weight is 283 g/mol. The largest absolute Gasteiger partial charge is 0.462 e. The maximum Gasteiger partial charge on any atom is 0.341 e. The summed E-state index contributed by atoms with van der Waals surface area (Å²) in [6.45, 7) is 7.01. The molecule has 5 nitrogen and oxygen atoms in total. The van der Waals surface area contributed by atoms with E-state index in [1.165, 1.54) is 6.20 Å². The second kappa shape index (κ2) is 6.65. The van der Waals surface area contributed by atoms with Crippen molar-refractivity contribution in [1.29, 1.82) is 0 Å². The number of nitrogens with one attached hydrogen (secondary N) is 1. The van der Waals surface area contributed by atoms with Crippen LogP contribution in [0.1, 0.15) is 31.1 Å². The van der Waals surface area contributed by atoms with E-state index < -0.39 is 5.97 Å². The minimum atomic E-state index is -0.410. The van der Waals surface area contributed by atoms with Gasteiger partial charge in [0.25, 0.3) is 0 Å². The van der Waals surface area contributed by atoms with Gasteiger partial charge in [0.15, 0.2) is 0 Å². The van der Waals surface area contributed by atoms with Gasteiger partial charge in [-0.15, -0.1) is 0 Å². The van der Waals surface area contributed by atoms with Crippen LogP contribution in [0.5, 0.6) is 0 Å². The van der Waals surface area contributed by atoms with E-state index in [2.05, 4.69) is 24.1 Å². The standard InChI is InChI=1S/C13H21N3O2S/c1-5-18-12(17)10-6-9(14)7-15-11(10)16-8-13(2,3)19-4/h6-7H,5,8,14H2,1-4H3,(H,15,16). The molecule has 0 radical (unpaired) electrons. The molecule has 106 valence electrons. The first-order valence-electron chi connectivity index (χ1n) is 6.11. The predicted molar refractivity (Wildman–Crippen MR) is 80.7 cm³/mol. The SMILES string of the molecule is CCOC(=O)c1cc(N)cnc1NCC(C)(C)SC. The van der Waals surface area contributed by atoms with Gasteiger partial charge in [-0.1, -0.05) is 0 Å². The third-order valence-corrected chi connectivity index (χ3v) is 3.89. The second-order valence-electron chi connectivity index (χ2n) is 4.70. The number of ether oxygens (including phenoxy) is 1. The Hall–Kier alpha value is -1.43. The fourth-order valence-corrected chi connectivity index (χ4v) is 1.57. The van der Waals surface area contributed by atoms with Crippen molar-refractivity contribution >= 4 is 29.2 Å². The molecule has 1 heterocycles. The molecule has 0 bridgehead atoms. The summed E-state index contributed by atoms with van der Waals surface area (Å²) in [5, 5.41) is 3.18. The third-order valence-electron chi connectivity index (χ3n) is 2.64. The number of aromatic nitrogens is 1. The quantitative estimate of drug-likeness (QED) is 0.781. The summed E-state index contributed by atoms with van der Waals surface area (Å²) in [5.41, 5.74) is 6.48. The Kier molecular flexibility index (Phi) is 5.47. The highest BCUT2D eigenvalue weighted by Gasteiger charge is 2.19. The highest BCUT2D eigenvalue weighted by molar-refractivity contribution is 7.99. The van der Waals surface area contributed by atoms with E-state index >= 15 is 0 Å². The van der Waals surface area contributed by atoms with Crippen molar-refractivity contribution < 1.29 is 9.53 Å². The summed E-state index contributed by atoms with van der Waals surface area (Å²) in [6.07, 6.45) is 3.57. The predicted octanol–water partition coefficient (Wildman–Crippen LogP) is 2.39. The third kappa shape index (κ3) is 4.63. The molecule has 0 fully saturated rings. The van der Waals surface area contributed by atoms with E-state index in [0.29, 0.717) is 30.2 Å². The molecular weight excluding hydrogens is 262 g/mol. The van der Waals surface area contributed by atoms with Crippen LogP contribution < -0.4 is 11.1 Å². The number of hydrogen-bond donors (Lipinski definition) is 2. The number of carbonyl (C=O) groups is 1. The van der Waals surface area contributed by atoms with Crippen molar-refractivity contribution in [3.8, 4) is 0 Å². The minimum Gasteiger partial charge on any atom is -0.462 e. The Morgan fingerprint density at radius 2 is 2.26 bits per heavy atom. The van der Waals surface area contributed by atoms with Gasteiger partial charge in [0.1, 0.15) is 11.4 Å². The zero-order chi connectivity index (χ0) is 14.5. The summed E-state index contributed by atoms with van der Waals surface area (Å²) in [7, 11) is 0. The van der Waals surface area contributed by atoms with Crippen molar-refractivity contribution in [2.24, 2.45) is 0 Å². The minimum absolute atomic E-state index is 0.0506. The van der Waals surface area contributed by atoms with Gasteiger partial charge in [-0.3, -0.25) is 0 Å². The van der Waals surface area contributed by atoms with Crippen LogP contribution in [0.3, 0.4) is 0 Å². The maximum absolute atomic E-state index is 11.8. The first kappa shape index (κ1) is 15.6. The number of rotatable bonds is 6. The highest BCUT2D eigenvalue weighted by atomic mass is 32.2. The van der Waals surface area contributed by atoms with Crippen LogP contribution in [0, 0.1) is 0 Å². The Bertz CT molecular complexity index is 450. The molecule has 0 unspecified atom stereocenters. The van der Waals surface area contributed by atoms with Crippen molar-refractivity contribution in [2.45, 2.75) is 25.5 Å². The van der Waals surface area contributed by atoms with Crippen molar-refractivity contribution in [3.05, 3.63) is 17.8 Å². The Balaban J connectivity index is 2.91. The number of nitrogens with zero attached hydrogens (tertiary/aromatic N) is 1. The monoisotopic (exact) mass is 283 g/mol. The molecule has 0 aliphatic carbocycles. The molecule has 0 aliphatic rings. The van der Waals surface area contributed by atoms with E-state index in [1.807, 2.05) is 6.26 Å². The van der Waals surface area contributed by atoms with E-state index in [-0.39, 0.29) is 4.75 Å². The summed E-state index contributed by atoms with van der Waals surface area (Å²) in [6, 6.07) is 1.58. The second-order valence-corrected chi connectivity index (χ2v) is 6.22. The Labute approximate surface area is 118 Å². The molecule has 0 saturated carbocycles. The number of nitrogens with two attached hydrogens (primary N) is 1.